The molecule has 5 heteroatoms. The van der Waals surface area contributed by atoms with Gasteiger partial charge in [-0.2, -0.15) is 0 Å². The Hall–Kier alpha value is -3.08. The average Bonchev–Trinajstić information content (AvgIpc) is 2.62. The van der Waals surface area contributed by atoms with Gasteiger partial charge in [-0.3, -0.25) is 9.59 Å². The van der Waals surface area contributed by atoms with Gasteiger partial charge in [0.25, 0.3) is 11.8 Å². The quantitative estimate of drug-likeness (QED) is 0.748. The third-order valence-electron chi connectivity index (χ3n) is 3.84. The molecule has 136 valence electrons. The van der Waals surface area contributed by atoms with Crippen molar-refractivity contribution in [3.05, 3.63) is 71.8 Å². The van der Waals surface area contributed by atoms with Crippen LogP contribution >= 0.6 is 0 Å². The van der Waals surface area contributed by atoms with Crippen molar-refractivity contribution in [2.24, 2.45) is 0 Å². The van der Waals surface area contributed by atoms with Crippen LogP contribution < -0.4 is 15.4 Å². The summed E-state index contributed by atoms with van der Waals surface area (Å²) in [7, 11) is 0. The molecule has 2 aromatic rings. The van der Waals surface area contributed by atoms with E-state index in [1.807, 2.05) is 32.0 Å². The van der Waals surface area contributed by atoms with Gasteiger partial charge in [0.1, 0.15) is 5.75 Å². The van der Waals surface area contributed by atoms with Gasteiger partial charge in [-0.1, -0.05) is 35.9 Å². The monoisotopic (exact) mass is 352 g/mol. The second kappa shape index (κ2) is 8.85. The number of aryl methyl sites for hydroxylation is 2. The van der Waals surface area contributed by atoms with E-state index in [0.29, 0.717) is 23.5 Å². The Balaban J connectivity index is 2.09. The van der Waals surface area contributed by atoms with Crippen molar-refractivity contribution >= 4 is 17.5 Å². The maximum absolute atomic E-state index is 12.5. The lowest BCUT2D eigenvalue weighted by molar-refractivity contribution is -0.122. The van der Waals surface area contributed by atoms with E-state index < -0.39 is 6.10 Å². The fourth-order valence-corrected chi connectivity index (χ4v) is 2.46. The predicted molar refractivity (Wildman–Crippen MR) is 104 cm³/mol. The zero-order valence-corrected chi connectivity index (χ0v) is 15.3. The Morgan fingerprint density at radius 3 is 2.62 bits per heavy atom. The molecule has 0 heterocycles. The van der Waals surface area contributed by atoms with Crippen molar-refractivity contribution in [3.63, 3.8) is 0 Å². The summed E-state index contributed by atoms with van der Waals surface area (Å²) in [5.41, 5.74) is 2.93. The van der Waals surface area contributed by atoms with Gasteiger partial charge in [0.15, 0.2) is 6.10 Å². The lowest BCUT2D eigenvalue weighted by Crippen LogP contribution is -2.32. The molecule has 0 bridgehead atoms. The summed E-state index contributed by atoms with van der Waals surface area (Å²) >= 11 is 0. The van der Waals surface area contributed by atoms with Crippen molar-refractivity contribution < 1.29 is 14.3 Å². The molecule has 0 spiro atoms. The minimum Gasteiger partial charge on any atom is -0.481 e. The van der Waals surface area contributed by atoms with Crippen molar-refractivity contribution in [2.45, 2.75) is 26.9 Å². The first-order valence-electron chi connectivity index (χ1n) is 8.45. The molecule has 0 radical (unpaired) electrons. The minimum absolute atomic E-state index is 0.274. The molecule has 26 heavy (non-hydrogen) atoms. The van der Waals surface area contributed by atoms with Gasteiger partial charge in [-0.15, -0.1) is 6.58 Å². The molecule has 0 saturated heterocycles. The summed E-state index contributed by atoms with van der Waals surface area (Å²) in [6.45, 7) is 9.54. The van der Waals surface area contributed by atoms with E-state index in [9.17, 15) is 9.59 Å². The van der Waals surface area contributed by atoms with E-state index in [-0.39, 0.29) is 11.8 Å². The third-order valence-corrected chi connectivity index (χ3v) is 3.84. The molecule has 2 rings (SSSR count). The highest BCUT2D eigenvalue weighted by molar-refractivity contribution is 6.04. The van der Waals surface area contributed by atoms with Gasteiger partial charge in [0, 0.05) is 6.54 Å². The second-order valence-electron chi connectivity index (χ2n) is 6.06. The van der Waals surface area contributed by atoms with Gasteiger partial charge < -0.3 is 15.4 Å². The van der Waals surface area contributed by atoms with Crippen LogP contribution in [0.2, 0.25) is 0 Å². The van der Waals surface area contributed by atoms with Crippen LogP contribution in [-0.4, -0.2) is 24.5 Å². The van der Waals surface area contributed by atoms with Crippen LogP contribution in [0.5, 0.6) is 5.75 Å². The van der Waals surface area contributed by atoms with Gasteiger partial charge in [0.2, 0.25) is 0 Å². The number of carbonyl (C=O) groups is 2. The number of rotatable bonds is 7. The van der Waals surface area contributed by atoms with E-state index in [1.54, 1.807) is 37.3 Å². The van der Waals surface area contributed by atoms with E-state index in [2.05, 4.69) is 17.2 Å². The van der Waals surface area contributed by atoms with Crippen molar-refractivity contribution in [3.8, 4) is 5.75 Å². The van der Waals surface area contributed by atoms with Crippen molar-refractivity contribution in [1.29, 1.82) is 0 Å². The SMILES string of the molecule is C=CCNC(=O)c1ccccc1NC(=O)[C@H](C)Oc1ccc(C)cc1C. The predicted octanol–water partition coefficient (Wildman–Crippen LogP) is 3.63. The van der Waals surface area contributed by atoms with Crippen molar-refractivity contribution in [2.75, 3.05) is 11.9 Å². The molecule has 2 amide bonds. The van der Waals surface area contributed by atoms with Crippen LogP contribution in [0, 0.1) is 13.8 Å². The molecule has 1 atom stereocenters. The number of para-hydroxylation sites is 1. The Labute approximate surface area is 154 Å². The van der Waals surface area contributed by atoms with E-state index in [1.165, 1.54) is 0 Å². The van der Waals surface area contributed by atoms with Gasteiger partial charge in [-0.25, -0.2) is 0 Å². The van der Waals surface area contributed by atoms with Gasteiger partial charge in [-0.05, 0) is 44.5 Å². The molecule has 0 unspecified atom stereocenters. The zero-order valence-electron chi connectivity index (χ0n) is 15.3. The first-order valence-corrected chi connectivity index (χ1v) is 8.45. The topological polar surface area (TPSA) is 67.4 Å². The second-order valence-corrected chi connectivity index (χ2v) is 6.06. The van der Waals surface area contributed by atoms with Crippen LogP contribution in [0.25, 0.3) is 0 Å². The maximum atomic E-state index is 12.5. The zero-order chi connectivity index (χ0) is 19.1. The smallest absolute Gasteiger partial charge is 0.265 e. The van der Waals surface area contributed by atoms with Crippen LogP contribution in [-0.2, 0) is 4.79 Å². The van der Waals surface area contributed by atoms with Crippen LogP contribution in [0.4, 0.5) is 5.69 Å². The number of anilines is 1. The highest BCUT2D eigenvalue weighted by Gasteiger charge is 2.18. The molecule has 0 fully saturated rings. The maximum Gasteiger partial charge on any atom is 0.265 e. The number of hydrogen-bond donors (Lipinski definition) is 2. The fourth-order valence-electron chi connectivity index (χ4n) is 2.46. The fraction of sp³-hybridized carbons (Fsp3) is 0.238. The molecule has 5 nitrogen and oxygen atoms in total. The molecule has 0 saturated carbocycles. The lowest BCUT2D eigenvalue weighted by Gasteiger charge is -2.17. The Morgan fingerprint density at radius 2 is 1.92 bits per heavy atom. The van der Waals surface area contributed by atoms with Crippen LogP contribution in [0.3, 0.4) is 0 Å². The van der Waals surface area contributed by atoms with Gasteiger partial charge in [0.05, 0.1) is 11.3 Å². The molecule has 0 aliphatic carbocycles. The number of hydrogen-bond acceptors (Lipinski definition) is 3. The first kappa shape index (κ1) is 19.2. The van der Waals surface area contributed by atoms with E-state index >= 15 is 0 Å². The van der Waals surface area contributed by atoms with E-state index in [4.69, 9.17) is 4.74 Å². The highest BCUT2D eigenvalue weighted by Crippen LogP contribution is 2.21. The normalized spacial score (nSPS) is 11.3. The summed E-state index contributed by atoms with van der Waals surface area (Å²) in [5.74, 6) is 0.0629. The molecular formula is C21H24N2O3. The summed E-state index contributed by atoms with van der Waals surface area (Å²) in [6.07, 6.45) is 0.888. The Morgan fingerprint density at radius 1 is 1.19 bits per heavy atom. The standard InChI is InChI=1S/C21H24N2O3/c1-5-12-22-21(25)17-8-6-7-9-18(17)23-20(24)16(4)26-19-11-10-14(2)13-15(19)3/h5-11,13,16H,1,12H2,2-4H3,(H,22,25)(H,23,24)/t16-/m0/s1. The third kappa shape index (κ3) is 4.96. The Kier molecular flexibility index (Phi) is 6.55. The lowest BCUT2D eigenvalue weighted by atomic mass is 10.1. The summed E-state index contributed by atoms with van der Waals surface area (Å²) < 4.78 is 5.77. The van der Waals surface area contributed by atoms with Crippen LogP contribution in [0.15, 0.2) is 55.1 Å². The Bertz CT molecular complexity index is 815. The summed E-state index contributed by atoms with van der Waals surface area (Å²) in [5, 5.41) is 5.47. The summed E-state index contributed by atoms with van der Waals surface area (Å²) in [6, 6.07) is 12.6. The molecule has 0 aliphatic heterocycles. The van der Waals surface area contributed by atoms with Gasteiger partial charge >= 0.3 is 0 Å². The summed E-state index contributed by atoms with van der Waals surface area (Å²) in [4.78, 5) is 24.7. The largest absolute Gasteiger partial charge is 0.481 e. The molecule has 2 N–H and O–H groups in total. The minimum atomic E-state index is -0.708. The average molecular weight is 352 g/mol. The highest BCUT2D eigenvalue weighted by atomic mass is 16.5. The number of amides is 2. The van der Waals surface area contributed by atoms with Crippen molar-refractivity contribution in [1.82, 2.24) is 5.32 Å². The van der Waals surface area contributed by atoms with Crippen LogP contribution in [0.1, 0.15) is 28.4 Å². The van der Waals surface area contributed by atoms with E-state index in [0.717, 1.165) is 11.1 Å². The number of nitrogens with one attached hydrogen (secondary N) is 2. The molecule has 2 aromatic carbocycles. The first-order chi connectivity index (χ1) is 12.4. The molecular weight excluding hydrogens is 328 g/mol. The molecule has 0 aliphatic rings. The number of ether oxygens (including phenoxy) is 1. The number of carbonyl (C=O) groups excluding carboxylic acids is 2. The molecule has 0 aromatic heterocycles. The number of benzene rings is 2.